The second-order valence-electron chi connectivity index (χ2n) is 9.46. The van der Waals surface area contributed by atoms with Crippen LogP contribution in [0.2, 0.25) is 0 Å². The molecule has 0 spiro atoms. The molecule has 0 saturated carbocycles. The number of carbonyl (C=O) groups is 8. The van der Waals surface area contributed by atoms with Gasteiger partial charge in [-0.3, -0.25) is 24.1 Å². The van der Waals surface area contributed by atoms with Crippen molar-refractivity contribution >= 4 is 47.6 Å². The van der Waals surface area contributed by atoms with Crippen molar-refractivity contribution in [2.24, 2.45) is 0 Å². The number of ether oxygens (including phenoxy) is 1. The number of hydrogen-bond donors (Lipinski definition) is 8. The summed E-state index contributed by atoms with van der Waals surface area (Å²) in [6.45, 7) is -1.83. The zero-order valence-electron chi connectivity index (χ0n) is 21.3. The zero-order chi connectivity index (χ0) is 31.3. The molecular weight excluding hydrogens is 562 g/mol. The number of carboxylic acid groups (broad SMARTS) is 4. The Morgan fingerprint density at radius 1 is 0.902 bits per heavy atom. The van der Waals surface area contributed by atoms with Gasteiger partial charge in [0.05, 0.1) is 19.4 Å². The van der Waals surface area contributed by atoms with Gasteiger partial charge >= 0.3 is 29.8 Å². The molecular formula is C22H29N3O16. The Morgan fingerprint density at radius 3 is 2.00 bits per heavy atom. The SMILES string of the molecule is O=C(CC(O)(CC(=O)OCCN1C(=O)CCC1(O)C(=O)O)C(=O)O)NCCC(C(=O)O)N1C(=O)CCC1(O)C(=O)O. The lowest BCUT2D eigenvalue weighted by molar-refractivity contribution is -0.188. The molecule has 4 unspecified atom stereocenters. The first kappa shape index (κ1) is 32.8. The number of nitrogens with one attached hydrogen (secondary N) is 1. The van der Waals surface area contributed by atoms with Crippen molar-refractivity contribution in [2.45, 2.75) is 68.0 Å². The van der Waals surface area contributed by atoms with Crippen LogP contribution in [0, 0.1) is 0 Å². The number of hydrogen-bond acceptors (Lipinski definition) is 12. The van der Waals surface area contributed by atoms with E-state index in [0.29, 0.717) is 4.90 Å². The predicted octanol–water partition coefficient (Wildman–Crippen LogP) is -4.12. The topological polar surface area (TPSA) is 306 Å². The maximum absolute atomic E-state index is 12.3. The highest BCUT2D eigenvalue weighted by molar-refractivity contribution is 5.93. The van der Waals surface area contributed by atoms with E-state index in [1.807, 2.05) is 0 Å². The minimum Gasteiger partial charge on any atom is -0.480 e. The Hall–Kier alpha value is -4.36. The van der Waals surface area contributed by atoms with E-state index in [0.717, 1.165) is 0 Å². The van der Waals surface area contributed by atoms with Gasteiger partial charge < -0.3 is 50.7 Å². The van der Waals surface area contributed by atoms with Crippen LogP contribution in [0.4, 0.5) is 0 Å². The number of likely N-dealkylation sites (tertiary alicyclic amines) is 2. The molecule has 19 heteroatoms. The Morgan fingerprint density at radius 2 is 1.46 bits per heavy atom. The van der Waals surface area contributed by atoms with E-state index in [-0.39, 0.29) is 11.3 Å². The summed E-state index contributed by atoms with van der Waals surface area (Å²) in [5.74, 6) is -11.5. The second kappa shape index (κ2) is 12.4. The molecule has 3 amide bonds. The third-order valence-corrected chi connectivity index (χ3v) is 6.68. The average molecular weight is 591 g/mol. The van der Waals surface area contributed by atoms with Crippen molar-refractivity contribution in [3.8, 4) is 0 Å². The first-order valence-electron chi connectivity index (χ1n) is 12.0. The number of aliphatic carboxylic acids is 4. The van der Waals surface area contributed by atoms with Crippen LogP contribution in [-0.2, 0) is 43.1 Å². The standard InChI is InChI=1S/C22H29N3O16/c26-12(23-6-3-11(16(30)31)25-14(28)2-5-22(25,40)19(36)37)9-20(38,17(32)33)10-15(29)41-8-7-24-13(27)1-4-21(24,39)18(34)35/h11,38-40H,1-10H2,(H,23,26)(H,30,31)(H,32,33)(H,34,35)(H,36,37). The van der Waals surface area contributed by atoms with Crippen molar-refractivity contribution in [3.63, 3.8) is 0 Å². The van der Waals surface area contributed by atoms with Crippen molar-refractivity contribution < 1.29 is 78.8 Å². The molecule has 0 bridgehead atoms. The van der Waals surface area contributed by atoms with Gasteiger partial charge in [0.15, 0.2) is 5.60 Å². The first-order chi connectivity index (χ1) is 18.9. The largest absolute Gasteiger partial charge is 0.480 e. The van der Waals surface area contributed by atoms with Crippen molar-refractivity contribution in [1.29, 1.82) is 0 Å². The van der Waals surface area contributed by atoms with Crippen molar-refractivity contribution in [3.05, 3.63) is 0 Å². The van der Waals surface area contributed by atoms with Gasteiger partial charge in [-0.25, -0.2) is 19.2 Å². The van der Waals surface area contributed by atoms with Crippen LogP contribution in [0.3, 0.4) is 0 Å². The highest BCUT2D eigenvalue weighted by Crippen LogP contribution is 2.31. The number of carbonyl (C=O) groups excluding carboxylic acids is 4. The average Bonchev–Trinajstić information content (AvgIpc) is 3.33. The van der Waals surface area contributed by atoms with Gasteiger partial charge in [0, 0.05) is 32.2 Å². The highest BCUT2D eigenvalue weighted by Gasteiger charge is 2.55. The molecule has 0 aliphatic carbocycles. The number of aliphatic hydroxyl groups is 3. The highest BCUT2D eigenvalue weighted by atomic mass is 16.5. The summed E-state index contributed by atoms with van der Waals surface area (Å²) in [5.41, 5.74) is -8.33. The molecule has 19 nitrogen and oxygen atoms in total. The fourth-order valence-electron chi connectivity index (χ4n) is 4.45. The maximum atomic E-state index is 12.3. The number of esters is 1. The Balaban J connectivity index is 1.94. The molecule has 2 heterocycles. The lowest BCUT2D eigenvalue weighted by Gasteiger charge is -2.34. The summed E-state index contributed by atoms with van der Waals surface area (Å²) in [4.78, 5) is 95.1. The molecule has 2 rings (SSSR count). The van der Waals surface area contributed by atoms with Gasteiger partial charge in [0.2, 0.25) is 29.2 Å². The van der Waals surface area contributed by atoms with E-state index in [4.69, 9.17) is 9.84 Å². The van der Waals surface area contributed by atoms with E-state index >= 15 is 0 Å². The molecule has 228 valence electrons. The van der Waals surface area contributed by atoms with Gasteiger partial charge in [-0.1, -0.05) is 0 Å². The minimum atomic E-state index is -3.02. The summed E-state index contributed by atoms with van der Waals surface area (Å²) < 4.78 is 4.73. The molecule has 0 radical (unpaired) electrons. The van der Waals surface area contributed by atoms with E-state index < -0.39 is 129 Å². The fraction of sp³-hybridized carbons (Fsp3) is 0.636. The van der Waals surface area contributed by atoms with Gasteiger partial charge in [-0.05, 0) is 6.42 Å². The molecule has 2 saturated heterocycles. The van der Waals surface area contributed by atoms with Gasteiger partial charge in [-0.15, -0.1) is 0 Å². The van der Waals surface area contributed by atoms with E-state index in [1.54, 1.807) is 0 Å². The maximum Gasteiger partial charge on any atom is 0.357 e. The predicted molar refractivity (Wildman–Crippen MR) is 124 cm³/mol. The molecule has 41 heavy (non-hydrogen) atoms. The Labute approximate surface area is 229 Å². The lowest BCUT2D eigenvalue weighted by Crippen LogP contribution is -2.59. The Bertz CT molecular complexity index is 1140. The number of nitrogens with zero attached hydrogens (tertiary/aromatic N) is 2. The van der Waals surface area contributed by atoms with Crippen LogP contribution in [-0.4, -0.2) is 136 Å². The van der Waals surface area contributed by atoms with Crippen LogP contribution < -0.4 is 5.32 Å². The monoisotopic (exact) mass is 591 g/mol. The Kier molecular flexibility index (Phi) is 9.96. The van der Waals surface area contributed by atoms with Crippen LogP contribution >= 0.6 is 0 Å². The number of carboxylic acids is 4. The van der Waals surface area contributed by atoms with Gasteiger partial charge in [0.1, 0.15) is 12.6 Å². The summed E-state index contributed by atoms with van der Waals surface area (Å²) >= 11 is 0. The molecule has 0 aromatic heterocycles. The quantitative estimate of drug-likeness (QED) is 0.0838. The first-order valence-corrected chi connectivity index (χ1v) is 12.0. The smallest absolute Gasteiger partial charge is 0.357 e. The fourth-order valence-corrected chi connectivity index (χ4v) is 4.45. The summed E-state index contributed by atoms with van der Waals surface area (Å²) in [6.07, 6.45) is -4.85. The molecule has 8 N–H and O–H groups in total. The third-order valence-electron chi connectivity index (χ3n) is 6.68. The molecule has 0 aromatic rings. The van der Waals surface area contributed by atoms with Crippen LogP contribution in [0.5, 0.6) is 0 Å². The van der Waals surface area contributed by atoms with Gasteiger partial charge in [-0.2, -0.15) is 0 Å². The lowest BCUT2D eigenvalue weighted by atomic mass is 9.95. The minimum absolute atomic E-state index is 0.264. The second-order valence-corrected chi connectivity index (χ2v) is 9.46. The van der Waals surface area contributed by atoms with Crippen molar-refractivity contribution in [2.75, 3.05) is 19.7 Å². The van der Waals surface area contributed by atoms with Crippen LogP contribution in [0.25, 0.3) is 0 Å². The molecule has 2 aliphatic rings. The molecule has 2 aliphatic heterocycles. The summed E-state index contributed by atoms with van der Waals surface area (Å²) in [6, 6.07) is -1.89. The molecule has 0 aromatic carbocycles. The van der Waals surface area contributed by atoms with Crippen LogP contribution in [0.15, 0.2) is 0 Å². The summed E-state index contributed by atoms with van der Waals surface area (Å²) in [5, 5.41) is 70.0. The van der Waals surface area contributed by atoms with E-state index in [1.165, 1.54) is 0 Å². The summed E-state index contributed by atoms with van der Waals surface area (Å²) in [7, 11) is 0. The third kappa shape index (κ3) is 7.05. The van der Waals surface area contributed by atoms with E-state index in [2.05, 4.69) is 5.32 Å². The zero-order valence-corrected chi connectivity index (χ0v) is 21.3. The number of rotatable bonds is 15. The molecule has 4 atom stereocenters. The van der Waals surface area contributed by atoms with Crippen LogP contribution in [0.1, 0.15) is 44.9 Å². The molecule has 2 fully saturated rings. The van der Waals surface area contributed by atoms with Crippen molar-refractivity contribution in [1.82, 2.24) is 15.1 Å². The van der Waals surface area contributed by atoms with Gasteiger partial charge in [0.25, 0.3) is 0 Å². The normalized spacial score (nSPS) is 24.5. The van der Waals surface area contributed by atoms with E-state index in [9.17, 15) is 69.0 Å². The number of amides is 3.